The summed E-state index contributed by atoms with van der Waals surface area (Å²) in [5.41, 5.74) is 0.877. The molecule has 2 aliphatic rings. The normalized spacial score (nSPS) is 26.9. The maximum absolute atomic E-state index is 12.6. The van der Waals surface area contributed by atoms with Crippen molar-refractivity contribution in [3.8, 4) is 0 Å². The Bertz CT molecular complexity index is 602. The lowest BCUT2D eigenvalue weighted by atomic mass is 9.99. The summed E-state index contributed by atoms with van der Waals surface area (Å²) in [5, 5.41) is 10.5. The molecule has 9 nitrogen and oxygen atoms in total. The third kappa shape index (κ3) is 4.31. The maximum Gasteiger partial charge on any atom is 0.279 e. The summed E-state index contributed by atoms with van der Waals surface area (Å²) in [4.78, 5) is 2.24. The molecule has 2 N–H and O–H groups in total. The predicted molar refractivity (Wildman–Crippen MR) is 88.3 cm³/mol. The second kappa shape index (κ2) is 7.87. The minimum Gasteiger partial charge on any atom is -0.379 e. The Labute approximate surface area is 142 Å². The Hall–Kier alpha value is -1.07. The molecule has 0 amide bonds. The molecule has 2 fully saturated rings. The number of aromatic nitrogens is 3. The zero-order valence-corrected chi connectivity index (χ0v) is 14.8. The molecule has 136 valence electrons. The van der Waals surface area contributed by atoms with Crippen LogP contribution in [0.3, 0.4) is 0 Å². The van der Waals surface area contributed by atoms with E-state index in [4.69, 9.17) is 4.74 Å². The van der Waals surface area contributed by atoms with Crippen molar-refractivity contribution in [2.75, 3.05) is 39.4 Å². The number of rotatable bonds is 7. The van der Waals surface area contributed by atoms with Crippen molar-refractivity contribution in [3.63, 3.8) is 0 Å². The molecule has 3 heterocycles. The van der Waals surface area contributed by atoms with Crippen molar-refractivity contribution >= 4 is 10.2 Å². The van der Waals surface area contributed by atoms with Gasteiger partial charge in [0.25, 0.3) is 10.2 Å². The number of hydrogen-bond acceptors (Lipinski definition) is 6. The molecule has 3 rings (SSSR count). The SMILES string of the molecule is CCC[C@H]1CN(Cc2cn[nH]n2)C[C@@H]1NS(=O)(=O)N1CCOCC1. The van der Waals surface area contributed by atoms with Crippen LogP contribution in [0.15, 0.2) is 6.20 Å². The highest BCUT2D eigenvalue weighted by atomic mass is 32.2. The smallest absolute Gasteiger partial charge is 0.279 e. The van der Waals surface area contributed by atoms with E-state index in [2.05, 4.69) is 32.0 Å². The first-order valence-corrected chi connectivity index (χ1v) is 9.94. The van der Waals surface area contributed by atoms with Crippen LogP contribution < -0.4 is 4.72 Å². The average molecular weight is 358 g/mol. The lowest BCUT2D eigenvalue weighted by Crippen LogP contribution is -2.51. The number of likely N-dealkylation sites (tertiary alicyclic amines) is 1. The summed E-state index contributed by atoms with van der Waals surface area (Å²) >= 11 is 0. The van der Waals surface area contributed by atoms with Gasteiger partial charge in [-0.15, -0.1) is 0 Å². The molecule has 2 saturated heterocycles. The van der Waals surface area contributed by atoms with Crippen LogP contribution >= 0.6 is 0 Å². The van der Waals surface area contributed by atoms with E-state index in [0.29, 0.717) is 45.3 Å². The van der Waals surface area contributed by atoms with Crippen LogP contribution in [-0.2, 0) is 21.5 Å². The zero-order valence-electron chi connectivity index (χ0n) is 14.0. The molecule has 0 saturated carbocycles. The van der Waals surface area contributed by atoms with Crippen LogP contribution in [0.4, 0.5) is 0 Å². The van der Waals surface area contributed by atoms with E-state index in [0.717, 1.165) is 25.1 Å². The first-order valence-electron chi connectivity index (χ1n) is 8.50. The zero-order chi connectivity index (χ0) is 17.0. The molecular weight excluding hydrogens is 332 g/mol. The topological polar surface area (TPSA) is 103 Å². The summed E-state index contributed by atoms with van der Waals surface area (Å²) < 4.78 is 34.9. The minimum atomic E-state index is -3.46. The van der Waals surface area contributed by atoms with Gasteiger partial charge in [-0.2, -0.15) is 32.9 Å². The van der Waals surface area contributed by atoms with Gasteiger partial charge in [0.1, 0.15) is 0 Å². The fourth-order valence-electron chi connectivity index (χ4n) is 3.47. The first kappa shape index (κ1) is 17.7. The molecule has 2 aliphatic heterocycles. The highest BCUT2D eigenvalue weighted by Crippen LogP contribution is 2.24. The van der Waals surface area contributed by atoms with Crippen molar-refractivity contribution in [1.29, 1.82) is 0 Å². The molecule has 0 spiro atoms. The fourth-order valence-corrected chi connectivity index (χ4v) is 4.90. The van der Waals surface area contributed by atoms with Gasteiger partial charge in [-0.25, -0.2) is 0 Å². The molecule has 10 heteroatoms. The molecule has 2 atom stereocenters. The van der Waals surface area contributed by atoms with Crippen LogP contribution in [0, 0.1) is 5.92 Å². The summed E-state index contributed by atoms with van der Waals surface area (Å²) in [6.07, 6.45) is 3.75. The lowest BCUT2D eigenvalue weighted by Gasteiger charge is -2.29. The number of aromatic amines is 1. The first-order chi connectivity index (χ1) is 11.6. The van der Waals surface area contributed by atoms with Crippen LogP contribution in [-0.4, -0.2) is 78.5 Å². The Balaban J connectivity index is 1.63. The van der Waals surface area contributed by atoms with Crippen molar-refractivity contribution in [3.05, 3.63) is 11.9 Å². The third-order valence-corrected chi connectivity index (χ3v) is 6.28. The van der Waals surface area contributed by atoms with Gasteiger partial charge >= 0.3 is 0 Å². The molecule has 0 radical (unpaired) electrons. The molecule has 1 aromatic rings. The molecule has 1 aromatic heterocycles. The van der Waals surface area contributed by atoms with Gasteiger partial charge < -0.3 is 4.74 Å². The Morgan fingerprint density at radius 2 is 2.17 bits per heavy atom. The molecule has 0 aromatic carbocycles. The van der Waals surface area contributed by atoms with Gasteiger partial charge in [-0.05, 0) is 12.3 Å². The van der Waals surface area contributed by atoms with Gasteiger partial charge in [0, 0.05) is 38.8 Å². The van der Waals surface area contributed by atoms with Gasteiger partial charge in [0.05, 0.1) is 25.1 Å². The number of morpholine rings is 1. The second-order valence-corrected chi connectivity index (χ2v) is 8.15. The van der Waals surface area contributed by atoms with Crippen LogP contribution in [0.2, 0.25) is 0 Å². The Morgan fingerprint density at radius 3 is 2.83 bits per heavy atom. The van der Waals surface area contributed by atoms with Crippen molar-refractivity contribution in [2.45, 2.75) is 32.4 Å². The van der Waals surface area contributed by atoms with Gasteiger partial charge in [-0.1, -0.05) is 13.3 Å². The minimum absolute atomic E-state index is 0.0651. The number of ether oxygens (including phenoxy) is 1. The highest BCUT2D eigenvalue weighted by molar-refractivity contribution is 7.87. The number of H-pyrrole nitrogens is 1. The predicted octanol–water partition coefficient (Wildman–Crippen LogP) is -0.428. The number of hydrogen-bond donors (Lipinski definition) is 2. The Morgan fingerprint density at radius 1 is 1.38 bits per heavy atom. The van der Waals surface area contributed by atoms with E-state index in [9.17, 15) is 8.42 Å². The fraction of sp³-hybridized carbons (Fsp3) is 0.857. The van der Waals surface area contributed by atoms with E-state index < -0.39 is 10.2 Å². The number of nitrogens with one attached hydrogen (secondary N) is 2. The van der Waals surface area contributed by atoms with Crippen molar-refractivity contribution in [2.24, 2.45) is 5.92 Å². The van der Waals surface area contributed by atoms with E-state index >= 15 is 0 Å². The van der Waals surface area contributed by atoms with Crippen LogP contribution in [0.5, 0.6) is 0 Å². The summed E-state index contributed by atoms with van der Waals surface area (Å²) in [6, 6.07) is -0.0651. The third-order valence-electron chi connectivity index (χ3n) is 4.64. The van der Waals surface area contributed by atoms with E-state index in [1.165, 1.54) is 4.31 Å². The van der Waals surface area contributed by atoms with Gasteiger partial charge in [-0.3, -0.25) is 4.90 Å². The molecular formula is C14H26N6O3S. The summed E-state index contributed by atoms with van der Waals surface area (Å²) in [7, 11) is -3.46. The molecule has 0 aliphatic carbocycles. The summed E-state index contributed by atoms with van der Waals surface area (Å²) in [5.74, 6) is 0.317. The van der Waals surface area contributed by atoms with Crippen LogP contribution in [0.1, 0.15) is 25.5 Å². The second-order valence-electron chi connectivity index (χ2n) is 6.44. The van der Waals surface area contributed by atoms with E-state index in [-0.39, 0.29) is 6.04 Å². The summed E-state index contributed by atoms with van der Waals surface area (Å²) in [6.45, 7) is 6.15. The largest absolute Gasteiger partial charge is 0.379 e. The van der Waals surface area contributed by atoms with Gasteiger partial charge in [0.2, 0.25) is 0 Å². The molecule has 0 bridgehead atoms. The quantitative estimate of drug-likeness (QED) is 0.686. The standard InChI is InChI=1S/C14H26N6O3S/c1-2-3-12-9-19(10-13-8-15-18-16-13)11-14(12)17-24(21,22)20-4-6-23-7-5-20/h8,12,14,17H,2-7,9-11H2,1H3,(H,15,16,18)/t12-,14-/m0/s1. The van der Waals surface area contributed by atoms with E-state index in [1.807, 2.05) is 0 Å². The average Bonchev–Trinajstić information content (AvgIpc) is 3.19. The number of nitrogens with zero attached hydrogens (tertiary/aromatic N) is 4. The van der Waals surface area contributed by atoms with Gasteiger partial charge in [0.15, 0.2) is 0 Å². The van der Waals surface area contributed by atoms with Crippen molar-refractivity contribution in [1.82, 2.24) is 29.3 Å². The lowest BCUT2D eigenvalue weighted by molar-refractivity contribution is 0.0722. The maximum atomic E-state index is 12.6. The van der Waals surface area contributed by atoms with Crippen LogP contribution in [0.25, 0.3) is 0 Å². The monoisotopic (exact) mass is 358 g/mol. The van der Waals surface area contributed by atoms with Crippen molar-refractivity contribution < 1.29 is 13.2 Å². The molecule has 0 unspecified atom stereocenters. The highest BCUT2D eigenvalue weighted by Gasteiger charge is 2.36. The van der Waals surface area contributed by atoms with E-state index in [1.54, 1.807) is 6.20 Å². The Kier molecular flexibility index (Phi) is 5.82. The molecule has 24 heavy (non-hydrogen) atoms.